The highest BCUT2D eigenvalue weighted by Crippen LogP contribution is 2.36. The number of aromatic nitrogens is 1. The van der Waals surface area contributed by atoms with Gasteiger partial charge >= 0.3 is 6.18 Å². The number of hydrogen-bond acceptors (Lipinski definition) is 4. The molecule has 140 valence electrons. The van der Waals surface area contributed by atoms with Crippen molar-refractivity contribution in [3.8, 4) is 17.2 Å². The minimum absolute atomic E-state index is 0.0451. The van der Waals surface area contributed by atoms with Crippen LogP contribution in [0.25, 0.3) is 11.1 Å². The molecule has 0 unspecified atom stereocenters. The van der Waals surface area contributed by atoms with Crippen LogP contribution in [0.3, 0.4) is 0 Å². The van der Waals surface area contributed by atoms with E-state index in [4.69, 9.17) is 5.73 Å². The van der Waals surface area contributed by atoms with E-state index in [1.165, 1.54) is 25.1 Å². The van der Waals surface area contributed by atoms with Crippen LogP contribution in [0.4, 0.5) is 19.0 Å². The molecule has 1 aliphatic rings. The number of nitrogen functional groups attached to an aromatic ring is 1. The number of carbonyl (C=O) groups excluding carboxylic acids is 1. The number of pyridine rings is 1. The van der Waals surface area contributed by atoms with Crippen molar-refractivity contribution in [2.75, 3.05) is 12.3 Å². The number of nitrogens with zero attached hydrogens (tertiary/aromatic N) is 3. The zero-order valence-electron chi connectivity index (χ0n) is 14.6. The Bertz CT molecular complexity index is 947. The van der Waals surface area contributed by atoms with Gasteiger partial charge in [0.15, 0.2) is 0 Å². The molecule has 0 saturated carbocycles. The van der Waals surface area contributed by atoms with E-state index in [0.717, 1.165) is 0 Å². The third kappa shape index (κ3) is 3.87. The van der Waals surface area contributed by atoms with Crippen LogP contribution in [-0.2, 0) is 24.2 Å². The number of fused-ring (bicyclic) bond motifs is 1. The van der Waals surface area contributed by atoms with Gasteiger partial charge in [0, 0.05) is 37.6 Å². The first-order valence-electron chi connectivity index (χ1n) is 8.32. The molecule has 1 aliphatic heterocycles. The van der Waals surface area contributed by atoms with Crippen molar-refractivity contribution >= 4 is 11.7 Å². The van der Waals surface area contributed by atoms with Gasteiger partial charge < -0.3 is 10.6 Å². The van der Waals surface area contributed by atoms with E-state index < -0.39 is 12.6 Å². The predicted molar refractivity (Wildman–Crippen MR) is 93.4 cm³/mol. The minimum atomic E-state index is -4.33. The van der Waals surface area contributed by atoms with Crippen LogP contribution in [0.5, 0.6) is 0 Å². The predicted octanol–water partition coefficient (Wildman–Crippen LogP) is 3.21. The van der Waals surface area contributed by atoms with E-state index in [1.807, 2.05) is 6.07 Å². The summed E-state index contributed by atoms with van der Waals surface area (Å²) in [4.78, 5) is 17.7. The number of nitrogens with two attached hydrogens (primary N) is 1. The highest BCUT2D eigenvalue weighted by atomic mass is 19.4. The van der Waals surface area contributed by atoms with Gasteiger partial charge in [-0.3, -0.25) is 4.79 Å². The van der Waals surface area contributed by atoms with E-state index >= 15 is 0 Å². The van der Waals surface area contributed by atoms with Crippen LogP contribution in [-0.4, -0.2) is 28.5 Å². The highest BCUT2D eigenvalue weighted by molar-refractivity contribution is 5.81. The van der Waals surface area contributed by atoms with Gasteiger partial charge in [0.1, 0.15) is 17.5 Å². The monoisotopic (exact) mass is 374 g/mol. The van der Waals surface area contributed by atoms with Crippen molar-refractivity contribution in [3.05, 3.63) is 46.6 Å². The normalized spacial score (nSPS) is 13.8. The number of rotatable bonds is 2. The van der Waals surface area contributed by atoms with Crippen LogP contribution < -0.4 is 5.73 Å². The zero-order chi connectivity index (χ0) is 19.8. The maximum absolute atomic E-state index is 12.8. The van der Waals surface area contributed by atoms with Gasteiger partial charge in [-0.1, -0.05) is 24.3 Å². The van der Waals surface area contributed by atoms with Crippen molar-refractivity contribution in [1.82, 2.24) is 9.88 Å². The van der Waals surface area contributed by atoms with E-state index in [-0.39, 0.29) is 29.4 Å². The largest absolute Gasteiger partial charge is 0.393 e. The Kier molecular flexibility index (Phi) is 4.79. The molecule has 0 bridgehead atoms. The number of nitriles is 1. The summed E-state index contributed by atoms with van der Waals surface area (Å²) in [6, 6.07) is 7.98. The van der Waals surface area contributed by atoms with Gasteiger partial charge in [-0.05, 0) is 11.1 Å². The fourth-order valence-corrected chi connectivity index (χ4v) is 3.35. The fourth-order valence-electron chi connectivity index (χ4n) is 3.35. The smallest absolute Gasteiger partial charge is 0.383 e. The lowest BCUT2D eigenvalue weighted by Gasteiger charge is -2.30. The molecule has 0 saturated heterocycles. The summed E-state index contributed by atoms with van der Waals surface area (Å²) in [5.74, 6) is -0.0727. The van der Waals surface area contributed by atoms with Crippen molar-refractivity contribution in [2.45, 2.75) is 32.5 Å². The molecule has 0 aliphatic carbocycles. The van der Waals surface area contributed by atoms with Gasteiger partial charge in [-0.25, -0.2) is 4.98 Å². The number of carbonyl (C=O) groups is 1. The Balaban J connectivity index is 2.18. The molecule has 2 aromatic rings. The second-order valence-electron chi connectivity index (χ2n) is 6.47. The van der Waals surface area contributed by atoms with Gasteiger partial charge in [-0.2, -0.15) is 18.4 Å². The third-order valence-electron chi connectivity index (χ3n) is 4.56. The molecule has 1 aromatic carbocycles. The summed E-state index contributed by atoms with van der Waals surface area (Å²) in [5.41, 5.74) is 8.38. The van der Waals surface area contributed by atoms with Gasteiger partial charge in [-0.15, -0.1) is 0 Å². The molecular formula is C19H17F3N4O. The van der Waals surface area contributed by atoms with E-state index in [1.54, 1.807) is 11.0 Å². The summed E-state index contributed by atoms with van der Waals surface area (Å²) in [6.45, 7) is 2.17. The molecule has 27 heavy (non-hydrogen) atoms. The first-order valence-corrected chi connectivity index (χ1v) is 8.32. The Morgan fingerprint density at radius 2 is 2.15 bits per heavy atom. The quantitative estimate of drug-likeness (QED) is 0.875. The first-order chi connectivity index (χ1) is 12.7. The average molecular weight is 374 g/mol. The van der Waals surface area contributed by atoms with Crippen LogP contribution in [0.2, 0.25) is 0 Å². The van der Waals surface area contributed by atoms with Crippen LogP contribution in [0.1, 0.15) is 29.3 Å². The standard InChI is InChI=1S/C19H17F3N4O/c1-11(27)26-6-5-16-15(10-26)17(14(9-23)18(24)25-16)13-4-2-3-12(7-13)8-19(20,21)22/h2-4,7H,5-6,8,10H2,1H3,(H2,24,25). The van der Waals surface area contributed by atoms with Crippen LogP contribution in [0, 0.1) is 11.3 Å². The lowest BCUT2D eigenvalue weighted by molar-refractivity contribution is -0.130. The summed E-state index contributed by atoms with van der Waals surface area (Å²) in [7, 11) is 0. The summed E-state index contributed by atoms with van der Waals surface area (Å²) in [5, 5.41) is 9.56. The van der Waals surface area contributed by atoms with Gasteiger partial charge in [0.05, 0.1) is 12.1 Å². The molecule has 8 heteroatoms. The second kappa shape index (κ2) is 6.91. The first kappa shape index (κ1) is 18.7. The molecule has 0 fully saturated rings. The van der Waals surface area contributed by atoms with E-state index in [9.17, 15) is 23.2 Å². The second-order valence-corrected chi connectivity index (χ2v) is 6.47. The maximum Gasteiger partial charge on any atom is 0.393 e. The van der Waals surface area contributed by atoms with E-state index in [0.29, 0.717) is 35.3 Å². The van der Waals surface area contributed by atoms with E-state index in [2.05, 4.69) is 4.98 Å². The number of benzene rings is 1. The van der Waals surface area contributed by atoms with Crippen molar-refractivity contribution in [3.63, 3.8) is 0 Å². The van der Waals surface area contributed by atoms with Crippen molar-refractivity contribution in [2.24, 2.45) is 0 Å². The van der Waals surface area contributed by atoms with Crippen LogP contribution >= 0.6 is 0 Å². The Hall–Kier alpha value is -3.08. The topological polar surface area (TPSA) is 83.0 Å². The molecule has 1 aromatic heterocycles. The number of anilines is 1. The Morgan fingerprint density at radius 1 is 1.41 bits per heavy atom. The SMILES string of the molecule is CC(=O)N1CCc2nc(N)c(C#N)c(-c3cccc(CC(F)(F)F)c3)c2C1. The van der Waals surface area contributed by atoms with Crippen LogP contribution in [0.15, 0.2) is 24.3 Å². The zero-order valence-corrected chi connectivity index (χ0v) is 14.6. The molecule has 2 heterocycles. The molecule has 5 nitrogen and oxygen atoms in total. The van der Waals surface area contributed by atoms with Crippen molar-refractivity contribution < 1.29 is 18.0 Å². The molecule has 0 atom stereocenters. The maximum atomic E-state index is 12.8. The van der Waals surface area contributed by atoms with Crippen molar-refractivity contribution in [1.29, 1.82) is 5.26 Å². The summed E-state index contributed by atoms with van der Waals surface area (Å²) >= 11 is 0. The highest BCUT2D eigenvalue weighted by Gasteiger charge is 2.29. The lowest BCUT2D eigenvalue weighted by Crippen LogP contribution is -2.35. The Morgan fingerprint density at radius 3 is 2.78 bits per heavy atom. The molecule has 0 radical (unpaired) electrons. The molecule has 0 spiro atoms. The molecule has 3 rings (SSSR count). The third-order valence-corrected chi connectivity index (χ3v) is 4.56. The number of alkyl halides is 3. The molecular weight excluding hydrogens is 357 g/mol. The number of hydrogen-bond donors (Lipinski definition) is 1. The minimum Gasteiger partial charge on any atom is -0.383 e. The summed E-state index contributed by atoms with van der Waals surface area (Å²) in [6.07, 6.45) is -4.93. The summed E-state index contributed by atoms with van der Waals surface area (Å²) < 4.78 is 38.3. The lowest BCUT2D eigenvalue weighted by atomic mass is 9.90. The average Bonchev–Trinajstić information content (AvgIpc) is 2.58. The van der Waals surface area contributed by atoms with Gasteiger partial charge in [0.2, 0.25) is 5.91 Å². The number of amides is 1. The fraction of sp³-hybridized carbons (Fsp3) is 0.316. The number of halogens is 3. The van der Waals surface area contributed by atoms with Gasteiger partial charge in [0.25, 0.3) is 0 Å². The Labute approximate surface area is 154 Å². The molecule has 2 N–H and O–H groups in total. The molecule has 1 amide bonds.